The summed E-state index contributed by atoms with van der Waals surface area (Å²) >= 11 is 0. The van der Waals surface area contributed by atoms with E-state index in [1.165, 1.54) is 0 Å². The van der Waals surface area contributed by atoms with Crippen LogP contribution in [0.25, 0.3) is 0 Å². The first-order chi connectivity index (χ1) is 8.93. The fraction of sp³-hybridized carbons (Fsp3) is 0.417. The normalized spacial score (nSPS) is 12.1. The minimum Gasteiger partial charge on any atom is -0.466 e. The molecule has 2 N–H and O–H groups in total. The maximum Gasteiger partial charge on any atom is 0.308 e. The van der Waals surface area contributed by atoms with Gasteiger partial charge in [-0.15, -0.1) is 0 Å². The molecule has 0 saturated carbocycles. The number of hydrogen-bond acceptors (Lipinski definition) is 4. The highest BCUT2D eigenvalue weighted by Gasteiger charge is 2.13. The summed E-state index contributed by atoms with van der Waals surface area (Å²) in [6.45, 7) is 1.71. The van der Waals surface area contributed by atoms with Crippen LogP contribution in [0, 0.1) is 17.5 Å². The lowest BCUT2D eigenvalue weighted by molar-refractivity contribution is -0.145. The highest BCUT2D eigenvalue weighted by atomic mass is 19.2. The Labute approximate surface area is 108 Å². The van der Waals surface area contributed by atoms with Gasteiger partial charge in [0.1, 0.15) is 0 Å². The molecule has 0 bridgehead atoms. The number of carbonyl (C=O) groups is 1. The van der Waals surface area contributed by atoms with E-state index < -0.39 is 29.5 Å². The molecule has 0 aliphatic carbocycles. The predicted octanol–water partition coefficient (Wildman–Crippen LogP) is 1.83. The average Bonchev–Trinajstić information content (AvgIpc) is 2.33. The number of hydrogen-bond donors (Lipinski definition) is 2. The number of nitrogens with one attached hydrogen (secondary N) is 1. The Bertz CT molecular complexity index is 431. The van der Waals surface area contributed by atoms with E-state index in [-0.39, 0.29) is 25.3 Å². The number of halogens is 3. The second-order valence-electron chi connectivity index (χ2n) is 3.80. The van der Waals surface area contributed by atoms with Gasteiger partial charge in [0.15, 0.2) is 17.5 Å². The van der Waals surface area contributed by atoms with Crippen LogP contribution in [0.4, 0.5) is 18.9 Å². The molecule has 0 aliphatic heterocycles. The molecule has 4 nitrogen and oxygen atoms in total. The summed E-state index contributed by atoms with van der Waals surface area (Å²) in [5.41, 5.74) is -0.0284. The molecule has 0 aromatic heterocycles. The Balaban J connectivity index is 2.50. The minimum absolute atomic E-state index is 0.0284. The summed E-state index contributed by atoms with van der Waals surface area (Å²) in [6, 6.07) is 1.52. The molecule has 0 radical (unpaired) electrons. The third kappa shape index (κ3) is 4.78. The van der Waals surface area contributed by atoms with Gasteiger partial charge < -0.3 is 15.2 Å². The lowest BCUT2D eigenvalue weighted by Gasteiger charge is -2.12. The van der Waals surface area contributed by atoms with Crippen LogP contribution in [0.2, 0.25) is 0 Å². The lowest BCUT2D eigenvalue weighted by Crippen LogP contribution is -2.24. The molecule has 106 valence electrons. The van der Waals surface area contributed by atoms with Gasteiger partial charge in [0.25, 0.3) is 0 Å². The topological polar surface area (TPSA) is 58.6 Å². The number of ether oxygens (including phenoxy) is 1. The SMILES string of the molecule is CCOC(=O)CC(O)CNc1cc(F)c(F)c(F)c1. The largest absolute Gasteiger partial charge is 0.466 e. The number of benzene rings is 1. The number of aliphatic hydroxyl groups is 1. The van der Waals surface area contributed by atoms with E-state index in [1.807, 2.05) is 0 Å². The molecule has 1 atom stereocenters. The molecule has 0 amide bonds. The molecular formula is C12H14F3NO3. The summed E-state index contributed by atoms with van der Waals surface area (Å²) in [6.07, 6.45) is -1.32. The summed E-state index contributed by atoms with van der Waals surface area (Å²) in [4.78, 5) is 11.0. The van der Waals surface area contributed by atoms with Crippen LogP contribution in [0.5, 0.6) is 0 Å². The first-order valence-corrected chi connectivity index (χ1v) is 5.66. The van der Waals surface area contributed by atoms with Crippen molar-refractivity contribution >= 4 is 11.7 Å². The van der Waals surface area contributed by atoms with Crippen LogP contribution in [0.3, 0.4) is 0 Å². The molecule has 1 aromatic rings. The fourth-order valence-electron chi connectivity index (χ4n) is 1.38. The zero-order valence-corrected chi connectivity index (χ0v) is 10.3. The van der Waals surface area contributed by atoms with Crippen LogP contribution in [-0.2, 0) is 9.53 Å². The van der Waals surface area contributed by atoms with E-state index in [1.54, 1.807) is 6.92 Å². The predicted molar refractivity (Wildman–Crippen MR) is 62.1 cm³/mol. The molecule has 1 rings (SSSR count). The van der Waals surface area contributed by atoms with Crippen LogP contribution in [-0.4, -0.2) is 30.3 Å². The van der Waals surface area contributed by atoms with Crippen molar-refractivity contribution in [3.63, 3.8) is 0 Å². The fourth-order valence-corrected chi connectivity index (χ4v) is 1.38. The molecule has 19 heavy (non-hydrogen) atoms. The van der Waals surface area contributed by atoms with Gasteiger partial charge in [-0.3, -0.25) is 4.79 Å². The molecule has 7 heteroatoms. The lowest BCUT2D eigenvalue weighted by atomic mass is 10.2. The van der Waals surface area contributed by atoms with E-state index in [2.05, 4.69) is 10.1 Å². The summed E-state index contributed by atoms with van der Waals surface area (Å²) in [5.74, 6) is -4.80. The van der Waals surface area contributed by atoms with E-state index in [0.717, 1.165) is 12.1 Å². The maximum absolute atomic E-state index is 12.9. The third-order valence-electron chi connectivity index (χ3n) is 2.23. The highest BCUT2D eigenvalue weighted by molar-refractivity contribution is 5.70. The molecule has 0 spiro atoms. The molecule has 1 unspecified atom stereocenters. The van der Waals surface area contributed by atoms with Crippen molar-refractivity contribution in [2.75, 3.05) is 18.5 Å². The number of rotatable bonds is 6. The zero-order chi connectivity index (χ0) is 14.4. The first kappa shape index (κ1) is 15.3. The highest BCUT2D eigenvalue weighted by Crippen LogP contribution is 2.17. The van der Waals surface area contributed by atoms with Gasteiger partial charge in [-0.25, -0.2) is 13.2 Å². The number of esters is 1. The van der Waals surface area contributed by atoms with Crippen molar-refractivity contribution in [2.45, 2.75) is 19.4 Å². The molecule has 0 aliphatic rings. The Morgan fingerprint density at radius 2 is 1.95 bits per heavy atom. The third-order valence-corrected chi connectivity index (χ3v) is 2.23. The van der Waals surface area contributed by atoms with E-state index in [4.69, 9.17) is 0 Å². The van der Waals surface area contributed by atoms with Crippen LogP contribution in [0.15, 0.2) is 12.1 Å². The van der Waals surface area contributed by atoms with Crippen LogP contribution >= 0.6 is 0 Å². The average molecular weight is 277 g/mol. The van der Waals surface area contributed by atoms with E-state index in [9.17, 15) is 23.1 Å². The Hall–Kier alpha value is -1.76. The van der Waals surface area contributed by atoms with Gasteiger partial charge in [0.05, 0.1) is 19.1 Å². The van der Waals surface area contributed by atoms with Crippen molar-refractivity contribution in [1.29, 1.82) is 0 Å². The van der Waals surface area contributed by atoms with Crippen LogP contribution < -0.4 is 5.32 Å². The molecule has 0 saturated heterocycles. The van der Waals surface area contributed by atoms with Crippen molar-refractivity contribution in [3.05, 3.63) is 29.6 Å². The molecule has 1 aromatic carbocycles. The number of aliphatic hydroxyl groups excluding tert-OH is 1. The number of anilines is 1. The number of carbonyl (C=O) groups excluding carboxylic acids is 1. The summed E-state index contributed by atoms with van der Waals surface area (Å²) in [7, 11) is 0. The van der Waals surface area contributed by atoms with Gasteiger partial charge in [-0.2, -0.15) is 0 Å². The monoisotopic (exact) mass is 277 g/mol. The van der Waals surface area contributed by atoms with E-state index in [0.29, 0.717) is 0 Å². The second-order valence-corrected chi connectivity index (χ2v) is 3.80. The van der Waals surface area contributed by atoms with Gasteiger partial charge in [-0.1, -0.05) is 0 Å². The van der Waals surface area contributed by atoms with Gasteiger partial charge in [-0.05, 0) is 6.92 Å². The Morgan fingerprint density at radius 3 is 2.47 bits per heavy atom. The van der Waals surface area contributed by atoms with Gasteiger partial charge in [0.2, 0.25) is 0 Å². The standard InChI is InChI=1S/C12H14F3NO3/c1-2-19-11(18)5-8(17)6-16-7-3-9(13)12(15)10(14)4-7/h3-4,8,16-17H,2,5-6H2,1H3. The van der Waals surface area contributed by atoms with Crippen molar-refractivity contribution in [3.8, 4) is 0 Å². The molecule has 0 heterocycles. The molecule has 0 fully saturated rings. The van der Waals surface area contributed by atoms with Gasteiger partial charge >= 0.3 is 5.97 Å². The Kier molecular flexibility index (Phi) is 5.62. The smallest absolute Gasteiger partial charge is 0.308 e. The Morgan fingerprint density at radius 1 is 1.37 bits per heavy atom. The first-order valence-electron chi connectivity index (χ1n) is 5.66. The van der Waals surface area contributed by atoms with Gasteiger partial charge in [0, 0.05) is 24.4 Å². The van der Waals surface area contributed by atoms with Crippen molar-refractivity contribution in [2.24, 2.45) is 0 Å². The minimum atomic E-state index is -1.56. The molecular weight excluding hydrogens is 263 g/mol. The second kappa shape index (κ2) is 6.98. The quantitative estimate of drug-likeness (QED) is 0.615. The van der Waals surface area contributed by atoms with Crippen molar-refractivity contribution in [1.82, 2.24) is 0 Å². The summed E-state index contributed by atoms with van der Waals surface area (Å²) < 4.78 is 43.1. The summed E-state index contributed by atoms with van der Waals surface area (Å²) in [5, 5.41) is 12.0. The maximum atomic E-state index is 12.9. The van der Waals surface area contributed by atoms with Crippen molar-refractivity contribution < 1.29 is 27.8 Å². The van der Waals surface area contributed by atoms with Crippen LogP contribution in [0.1, 0.15) is 13.3 Å². The van der Waals surface area contributed by atoms with E-state index >= 15 is 0 Å². The zero-order valence-electron chi connectivity index (χ0n) is 10.3.